The zero-order chi connectivity index (χ0) is 14.6. The normalized spacial score (nSPS) is 24.9. The molecular formula is C15H28N2O3. The number of carboxylic acid groups (broad SMARTS) is 1. The fourth-order valence-electron chi connectivity index (χ4n) is 3.48. The number of carbonyl (C=O) groups is 1. The number of likely N-dealkylation sites (tertiary alicyclic amines) is 1. The number of hydrogen-bond donors (Lipinski definition) is 1. The number of hydrogen-bond acceptors (Lipinski definition) is 4. The van der Waals surface area contributed by atoms with Crippen molar-refractivity contribution in [2.24, 2.45) is 5.41 Å². The van der Waals surface area contributed by atoms with E-state index in [9.17, 15) is 9.90 Å². The maximum absolute atomic E-state index is 11.7. The number of nitrogens with zero attached hydrogens (tertiary/aromatic N) is 2. The van der Waals surface area contributed by atoms with Gasteiger partial charge in [0.15, 0.2) is 0 Å². The molecule has 0 unspecified atom stereocenters. The first-order valence-corrected chi connectivity index (χ1v) is 7.81. The van der Waals surface area contributed by atoms with Crippen molar-refractivity contribution in [2.45, 2.75) is 38.6 Å². The topological polar surface area (TPSA) is 53.0 Å². The van der Waals surface area contributed by atoms with Gasteiger partial charge in [-0.2, -0.15) is 0 Å². The minimum Gasteiger partial charge on any atom is -0.481 e. The molecule has 0 radical (unpaired) electrons. The molecule has 5 heteroatoms. The fraction of sp³-hybridized carbons (Fsp3) is 0.933. The maximum Gasteiger partial charge on any atom is 0.311 e. The lowest BCUT2D eigenvalue weighted by Gasteiger charge is -2.41. The van der Waals surface area contributed by atoms with E-state index in [4.69, 9.17) is 4.74 Å². The van der Waals surface area contributed by atoms with Crippen molar-refractivity contribution in [3.63, 3.8) is 0 Å². The molecule has 0 atom stereocenters. The molecule has 2 heterocycles. The Hall–Kier alpha value is -0.650. The lowest BCUT2D eigenvalue weighted by atomic mass is 9.79. The van der Waals surface area contributed by atoms with Gasteiger partial charge in [0.1, 0.15) is 0 Å². The molecule has 5 nitrogen and oxygen atoms in total. The molecule has 0 aromatic heterocycles. The summed E-state index contributed by atoms with van der Waals surface area (Å²) in [6, 6.07) is 0.525. The first-order valence-electron chi connectivity index (χ1n) is 7.81. The molecule has 20 heavy (non-hydrogen) atoms. The fourth-order valence-corrected chi connectivity index (χ4v) is 3.48. The molecule has 0 saturated carbocycles. The predicted molar refractivity (Wildman–Crippen MR) is 77.9 cm³/mol. The van der Waals surface area contributed by atoms with Crippen LogP contribution < -0.4 is 0 Å². The summed E-state index contributed by atoms with van der Waals surface area (Å²) in [5, 5.41) is 9.63. The van der Waals surface area contributed by atoms with Gasteiger partial charge in [-0.25, -0.2) is 0 Å². The molecule has 2 fully saturated rings. The third-order valence-electron chi connectivity index (χ3n) is 5.08. The van der Waals surface area contributed by atoms with Crippen LogP contribution in [0.5, 0.6) is 0 Å². The van der Waals surface area contributed by atoms with Crippen LogP contribution >= 0.6 is 0 Å². The van der Waals surface area contributed by atoms with Gasteiger partial charge < -0.3 is 19.6 Å². The van der Waals surface area contributed by atoms with Gasteiger partial charge in [0.25, 0.3) is 0 Å². The predicted octanol–water partition coefficient (Wildman–Crippen LogP) is 1.28. The van der Waals surface area contributed by atoms with Crippen molar-refractivity contribution in [3.05, 3.63) is 0 Å². The van der Waals surface area contributed by atoms with Crippen LogP contribution in [0.25, 0.3) is 0 Å². The van der Waals surface area contributed by atoms with Crippen LogP contribution in [0.15, 0.2) is 0 Å². The maximum atomic E-state index is 11.7. The van der Waals surface area contributed by atoms with Gasteiger partial charge in [0.2, 0.25) is 0 Å². The summed E-state index contributed by atoms with van der Waals surface area (Å²) in [6.07, 6.45) is 3.58. The quantitative estimate of drug-likeness (QED) is 0.824. The van der Waals surface area contributed by atoms with Gasteiger partial charge in [0, 0.05) is 25.8 Å². The lowest BCUT2D eigenvalue weighted by Crippen LogP contribution is -2.50. The highest BCUT2D eigenvalue weighted by atomic mass is 16.5. The van der Waals surface area contributed by atoms with Crippen LogP contribution in [0, 0.1) is 5.41 Å². The van der Waals surface area contributed by atoms with Crippen molar-refractivity contribution in [1.82, 2.24) is 9.80 Å². The Balaban J connectivity index is 1.92. The minimum atomic E-state index is -0.654. The monoisotopic (exact) mass is 284 g/mol. The average Bonchev–Trinajstić information content (AvgIpc) is 2.48. The zero-order valence-corrected chi connectivity index (χ0v) is 12.8. The Morgan fingerprint density at radius 3 is 2.45 bits per heavy atom. The van der Waals surface area contributed by atoms with Crippen molar-refractivity contribution < 1.29 is 14.6 Å². The van der Waals surface area contributed by atoms with Crippen molar-refractivity contribution in [3.8, 4) is 0 Å². The molecule has 0 amide bonds. The number of rotatable bonds is 5. The molecule has 0 aromatic carbocycles. The minimum absolute atomic E-state index is 0.525. The van der Waals surface area contributed by atoms with Crippen molar-refractivity contribution >= 4 is 5.97 Å². The smallest absolute Gasteiger partial charge is 0.311 e. The molecule has 0 aliphatic carbocycles. The van der Waals surface area contributed by atoms with E-state index in [0.29, 0.717) is 38.6 Å². The van der Waals surface area contributed by atoms with Crippen LogP contribution in [-0.2, 0) is 9.53 Å². The Morgan fingerprint density at radius 2 is 1.95 bits per heavy atom. The van der Waals surface area contributed by atoms with Crippen LogP contribution in [0.2, 0.25) is 0 Å². The van der Waals surface area contributed by atoms with E-state index in [1.165, 1.54) is 0 Å². The van der Waals surface area contributed by atoms with Gasteiger partial charge in [-0.05, 0) is 52.4 Å². The number of carboxylic acids is 1. The van der Waals surface area contributed by atoms with Crippen LogP contribution in [0.4, 0.5) is 0 Å². The molecule has 0 spiro atoms. The molecule has 1 N–H and O–H groups in total. The highest BCUT2D eigenvalue weighted by molar-refractivity contribution is 5.75. The van der Waals surface area contributed by atoms with E-state index in [1.54, 1.807) is 0 Å². The molecule has 0 aromatic rings. The Morgan fingerprint density at radius 1 is 1.35 bits per heavy atom. The summed E-state index contributed by atoms with van der Waals surface area (Å²) in [5.41, 5.74) is -0.602. The van der Waals surface area contributed by atoms with Gasteiger partial charge >= 0.3 is 5.97 Å². The third-order valence-corrected chi connectivity index (χ3v) is 5.08. The molecule has 2 saturated heterocycles. The van der Waals surface area contributed by atoms with Gasteiger partial charge in [0.05, 0.1) is 5.41 Å². The largest absolute Gasteiger partial charge is 0.481 e. The summed E-state index contributed by atoms with van der Waals surface area (Å²) in [5.74, 6) is -0.654. The van der Waals surface area contributed by atoms with E-state index in [-0.39, 0.29) is 0 Å². The number of aliphatic carboxylic acids is 1. The van der Waals surface area contributed by atoms with Crippen LogP contribution in [0.3, 0.4) is 0 Å². The Labute approximate surface area is 121 Å². The van der Waals surface area contributed by atoms with E-state index >= 15 is 0 Å². The first kappa shape index (κ1) is 15.7. The number of piperidine rings is 1. The first-order chi connectivity index (χ1) is 9.57. The molecular weight excluding hydrogens is 256 g/mol. The van der Waals surface area contributed by atoms with Crippen LogP contribution in [-0.4, -0.2) is 73.4 Å². The average molecular weight is 284 g/mol. The highest BCUT2D eigenvalue weighted by Crippen LogP contribution is 2.33. The van der Waals surface area contributed by atoms with E-state index in [2.05, 4.69) is 23.8 Å². The molecule has 2 aliphatic heterocycles. The third kappa shape index (κ3) is 3.51. The van der Waals surface area contributed by atoms with Gasteiger partial charge in [-0.1, -0.05) is 6.92 Å². The van der Waals surface area contributed by atoms with E-state index in [1.807, 2.05) is 0 Å². The Bertz CT molecular complexity index is 321. The standard InChI is InChI=1S/C15H28N2O3/c1-3-17-8-4-13(5-9-17)16(2)12-15(14(18)19)6-10-20-11-7-15/h13H,3-12H2,1-2H3,(H,18,19). The molecule has 2 rings (SSSR count). The van der Waals surface area contributed by atoms with Gasteiger partial charge in [-0.3, -0.25) is 4.79 Å². The Kier molecular flexibility index (Phi) is 5.41. The molecule has 2 aliphatic rings. The number of ether oxygens (including phenoxy) is 1. The zero-order valence-electron chi connectivity index (χ0n) is 12.8. The molecule has 0 bridgehead atoms. The second-order valence-electron chi connectivity index (χ2n) is 6.28. The summed E-state index contributed by atoms with van der Waals surface area (Å²) >= 11 is 0. The summed E-state index contributed by atoms with van der Waals surface area (Å²) in [6.45, 7) is 7.40. The second-order valence-corrected chi connectivity index (χ2v) is 6.28. The SMILES string of the molecule is CCN1CCC(N(C)CC2(C(=O)O)CCOCC2)CC1. The molecule has 116 valence electrons. The van der Waals surface area contributed by atoms with E-state index in [0.717, 1.165) is 32.5 Å². The lowest BCUT2D eigenvalue weighted by molar-refractivity contribution is -0.157. The summed E-state index contributed by atoms with van der Waals surface area (Å²) < 4.78 is 5.34. The van der Waals surface area contributed by atoms with Gasteiger partial charge in [-0.15, -0.1) is 0 Å². The van der Waals surface area contributed by atoms with E-state index < -0.39 is 11.4 Å². The second kappa shape index (κ2) is 6.87. The van der Waals surface area contributed by atoms with Crippen molar-refractivity contribution in [1.29, 1.82) is 0 Å². The van der Waals surface area contributed by atoms with Crippen LogP contribution in [0.1, 0.15) is 32.6 Å². The van der Waals surface area contributed by atoms with Crippen molar-refractivity contribution in [2.75, 3.05) is 46.4 Å². The summed E-state index contributed by atoms with van der Waals surface area (Å²) in [4.78, 5) is 16.5. The highest BCUT2D eigenvalue weighted by Gasteiger charge is 2.42. The summed E-state index contributed by atoms with van der Waals surface area (Å²) in [7, 11) is 2.09.